The summed E-state index contributed by atoms with van der Waals surface area (Å²) < 4.78 is 0. The Morgan fingerprint density at radius 1 is 1.35 bits per heavy atom. The zero-order chi connectivity index (χ0) is 16.7. The number of halogens is 2. The van der Waals surface area contributed by atoms with E-state index in [-0.39, 0.29) is 18.4 Å². The Labute approximate surface area is 151 Å². The molecular weight excluding hydrogens is 351 g/mol. The maximum absolute atomic E-state index is 12.2. The third-order valence-electron chi connectivity index (χ3n) is 4.19. The Bertz CT molecular complexity index is 588. The fourth-order valence-corrected chi connectivity index (χ4v) is 4.81. The van der Waals surface area contributed by atoms with Crippen LogP contribution in [0.3, 0.4) is 0 Å². The Morgan fingerprint density at radius 3 is 2.87 bits per heavy atom. The topological polar surface area (TPSA) is 52.9 Å². The van der Waals surface area contributed by atoms with Crippen LogP contribution in [0.2, 0.25) is 10.0 Å². The summed E-state index contributed by atoms with van der Waals surface area (Å²) in [5.41, 5.74) is 1.07. The van der Waals surface area contributed by atoms with Gasteiger partial charge < -0.3 is 5.32 Å². The molecule has 3 nitrogen and oxygen atoms in total. The van der Waals surface area contributed by atoms with Crippen LogP contribution in [0.25, 0.3) is 0 Å². The minimum Gasteiger partial charge on any atom is -0.343 e. The number of nitrogens with zero attached hydrogens (tertiary/aromatic N) is 1. The predicted molar refractivity (Wildman–Crippen MR) is 96.7 cm³/mol. The number of rotatable bonds is 6. The van der Waals surface area contributed by atoms with Crippen LogP contribution in [0.15, 0.2) is 18.2 Å². The van der Waals surface area contributed by atoms with Gasteiger partial charge in [-0.15, -0.1) is 0 Å². The third-order valence-corrected chi connectivity index (χ3v) is 5.96. The first-order chi connectivity index (χ1) is 11.1. The summed E-state index contributed by atoms with van der Waals surface area (Å²) in [5, 5.41) is 12.6. The van der Waals surface area contributed by atoms with E-state index in [9.17, 15) is 4.79 Å². The largest absolute Gasteiger partial charge is 0.343 e. The Balaban J connectivity index is 1.87. The normalized spacial score (nSPS) is 20.7. The van der Waals surface area contributed by atoms with Crippen LogP contribution in [-0.2, 0) is 10.5 Å². The highest BCUT2D eigenvalue weighted by Gasteiger charge is 2.30. The van der Waals surface area contributed by atoms with E-state index in [0.29, 0.717) is 16.0 Å². The van der Waals surface area contributed by atoms with Crippen molar-refractivity contribution in [3.8, 4) is 6.07 Å². The quantitative estimate of drug-likeness (QED) is 0.739. The van der Waals surface area contributed by atoms with E-state index in [4.69, 9.17) is 28.5 Å². The predicted octanol–water partition coefficient (Wildman–Crippen LogP) is 4.67. The molecule has 0 bridgehead atoms. The number of hydrogen-bond donors (Lipinski definition) is 1. The molecule has 1 aromatic rings. The number of amides is 1. The second kappa shape index (κ2) is 9.42. The standard InChI is InChI=1S/C17H20Cl2N2OS/c18-14-6-5-13(16(19)9-14)11-23-10-12-3-1-2-4-15(12)17(22)21-8-7-20/h5-6,9,12,15H,1-4,8,10-11H2,(H,21,22). The molecule has 0 heterocycles. The minimum atomic E-state index is 0.0291. The smallest absolute Gasteiger partial charge is 0.224 e. The molecule has 6 heteroatoms. The van der Waals surface area contributed by atoms with E-state index in [1.54, 1.807) is 17.8 Å². The number of hydrogen-bond acceptors (Lipinski definition) is 3. The molecular formula is C17H20Cl2N2OS. The molecule has 1 saturated carbocycles. The Hall–Kier alpha value is -0.890. The summed E-state index contributed by atoms with van der Waals surface area (Å²) >= 11 is 13.9. The fraction of sp³-hybridized carbons (Fsp3) is 0.529. The van der Waals surface area contributed by atoms with E-state index >= 15 is 0 Å². The zero-order valence-corrected chi connectivity index (χ0v) is 15.2. The monoisotopic (exact) mass is 370 g/mol. The molecule has 124 valence electrons. The van der Waals surface area contributed by atoms with Gasteiger partial charge in [0.2, 0.25) is 5.91 Å². The summed E-state index contributed by atoms with van der Waals surface area (Å²) in [6.07, 6.45) is 4.26. The summed E-state index contributed by atoms with van der Waals surface area (Å²) in [6, 6.07) is 7.53. The van der Waals surface area contributed by atoms with Crippen LogP contribution in [0.1, 0.15) is 31.2 Å². The number of nitrogens with one attached hydrogen (secondary N) is 1. The van der Waals surface area contributed by atoms with E-state index in [1.807, 2.05) is 18.2 Å². The SMILES string of the molecule is N#CCNC(=O)C1CCCCC1CSCc1ccc(Cl)cc1Cl. The van der Waals surface area contributed by atoms with Crippen molar-refractivity contribution in [2.45, 2.75) is 31.4 Å². The van der Waals surface area contributed by atoms with Crippen molar-refractivity contribution in [2.24, 2.45) is 11.8 Å². The maximum atomic E-state index is 12.2. The summed E-state index contributed by atoms with van der Waals surface area (Å²) in [5.74, 6) is 2.19. The first kappa shape index (κ1) is 18.4. The molecule has 2 unspecified atom stereocenters. The second-order valence-corrected chi connectivity index (χ2v) is 7.65. The molecule has 1 aliphatic carbocycles. The lowest BCUT2D eigenvalue weighted by Gasteiger charge is -2.30. The van der Waals surface area contributed by atoms with Gasteiger partial charge in [0.15, 0.2) is 0 Å². The van der Waals surface area contributed by atoms with Gasteiger partial charge in [0.25, 0.3) is 0 Å². The van der Waals surface area contributed by atoms with Gasteiger partial charge in [-0.1, -0.05) is 42.1 Å². The lowest BCUT2D eigenvalue weighted by molar-refractivity contribution is -0.127. The molecule has 2 atom stereocenters. The lowest BCUT2D eigenvalue weighted by Crippen LogP contribution is -2.37. The van der Waals surface area contributed by atoms with E-state index < -0.39 is 0 Å². The van der Waals surface area contributed by atoms with Crippen LogP contribution in [-0.4, -0.2) is 18.2 Å². The first-order valence-corrected chi connectivity index (χ1v) is 9.69. The van der Waals surface area contributed by atoms with Gasteiger partial charge in [-0.3, -0.25) is 4.79 Å². The number of thioether (sulfide) groups is 1. The minimum absolute atomic E-state index is 0.0291. The van der Waals surface area contributed by atoms with Gasteiger partial charge in [-0.25, -0.2) is 0 Å². The van der Waals surface area contributed by atoms with Crippen molar-refractivity contribution in [1.82, 2.24) is 5.32 Å². The van der Waals surface area contributed by atoms with Gasteiger partial charge >= 0.3 is 0 Å². The first-order valence-electron chi connectivity index (χ1n) is 7.78. The highest BCUT2D eigenvalue weighted by atomic mass is 35.5. The Kier molecular flexibility index (Phi) is 7.55. The van der Waals surface area contributed by atoms with Gasteiger partial charge in [0.05, 0.1) is 6.07 Å². The van der Waals surface area contributed by atoms with Crippen molar-refractivity contribution in [2.75, 3.05) is 12.3 Å². The summed E-state index contributed by atoms with van der Waals surface area (Å²) in [6.45, 7) is 0.0928. The molecule has 1 amide bonds. The number of carbonyl (C=O) groups is 1. The van der Waals surface area contributed by atoms with Crippen LogP contribution < -0.4 is 5.32 Å². The van der Waals surface area contributed by atoms with Crippen molar-refractivity contribution >= 4 is 40.9 Å². The fourth-order valence-electron chi connectivity index (χ4n) is 2.97. The second-order valence-electron chi connectivity index (χ2n) is 5.78. The molecule has 0 aliphatic heterocycles. The number of benzene rings is 1. The molecule has 0 radical (unpaired) electrons. The molecule has 0 spiro atoms. The molecule has 1 aromatic carbocycles. The molecule has 23 heavy (non-hydrogen) atoms. The number of carbonyl (C=O) groups excluding carboxylic acids is 1. The molecule has 2 rings (SSSR count). The van der Waals surface area contributed by atoms with Crippen LogP contribution in [0.5, 0.6) is 0 Å². The third kappa shape index (κ3) is 5.60. The van der Waals surface area contributed by atoms with Crippen molar-refractivity contribution < 1.29 is 4.79 Å². The molecule has 1 fully saturated rings. The lowest BCUT2D eigenvalue weighted by atomic mass is 9.80. The summed E-state index contributed by atoms with van der Waals surface area (Å²) in [4.78, 5) is 12.2. The van der Waals surface area contributed by atoms with Crippen molar-refractivity contribution in [1.29, 1.82) is 5.26 Å². The molecule has 1 aliphatic rings. The number of nitriles is 1. The molecule has 0 saturated heterocycles. The van der Waals surface area contributed by atoms with Gasteiger partial charge in [0.1, 0.15) is 6.54 Å². The van der Waals surface area contributed by atoms with Crippen LogP contribution in [0, 0.1) is 23.2 Å². The molecule has 1 N–H and O–H groups in total. The average molecular weight is 371 g/mol. The van der Waals surface area contributed by atoms with E-state index in [0.717, 1.165) is 36.3 Å². The Morgan fingerprint density at radius 2 is 2.13 bits per heavy atom. The van der Waals surface area contributed by atoms with Crippen molar-refractivity contribution in [3.05, 3.63) is 33.8 Å². The van der Waals surface area contributed by atoms with Gasteiger partial charge in [-0.05, 0) is 42.2 Å². The van der Waals surface area contributed by atoms with E-state index in [2.05, 4.69) is 5.32 Å². The maximum Gasteiger partial charge on any atom is 0.224 e. The molecule has 0 aromatic heterocycles. The van der Waals surface area contributed by atoms with Crippen LogP contribution in [0.4, 0.5) is 0 Å². The zero-order valence-electron chi connectivity index (χ0n) is 12.9. The average Bonchev–Trinajstić information content (AvgIpc) is 2.55. The van der Waals surface area contributed by atoms with Gasteiger partial charge in [0, 0.05) is 21.7 Å². The van der Waals surface area contributed by atoms with Gasteiger partial charge in [-0.2, -0.15) is 17.0 Å². The highest BCUT2D eigenvalue weighted by Crippen LogP contribution is 2.34. The summed E-state index contributed by atoms with van der Waals surface area (Å²) in [7, 11) is 0. The highest BCUT2D eigenvalue weighted by molar-refractivity contribution is 7.98. The van der Waals surface area contributed by atoms with Crippen molar-refractivity contribution in [3.63, 3.8) is 0 Å². The van der Waals surface area contributed by atoms with E-state index in [1.165, 1.54) is 6.42 Å². The van der Waals surface area contributed by atoms with Crippen LogP contribution >= 0.6 is 35.0 Å².